The second kappa shape index (κ2) is 5.49. The van der Waals surface area contributed by atoms with Gasteiger partial charge >= 0.3 is 0 Å². The number of carbonyl (C=O) groups excluding carboxylic acids is 1. The molecule has 2 aromatic heterocycles. The van der Waals surface area contributed by atoms with Crippen LogP contribution in [0.3, 0.4) is 0 Å². The molecule has 6 heteroatoms. The van der Waals surface area contributed by atoms with Crippen molar-refractivity contribution in [1.82, 2.24) is 15.3 Å². The van der Waals surface area contributed by atoms with Crippen molar-refractivity contribution in [3.63, 3.8) is 0 Å². The minimum Gasteiger partial charge on any atom is -0.346 e. The lowest BCUT2D eigenvalue weighted by Crippen LogP contribution is -2.24. The van der Waals surface area contributed by atoms with E-state index >= 15 is 0 Å². The summed E-state index contributed by atoms with van der Waals surface area (Å²) in [6.45, 7) is 2.27. The molecule has 21 heavy (non-hydrogen) atoms. The molecule has 0 saturated carbocycles. The summed E-state index contributed by atoms with van der Waals surface area (Å²) in [5.41, 5.74) is 1.68. The molecule has 2 N–H and O–H groups in total. The first kappa shape index (κ1) is 13.5. The van der Waals surface area contributed by atoms with Gasteiger partial charge in [0, 0.05) is 28.0 Å². The standard InChI is InChI=1S/C15H13N3O2S/c1-9-8-21-14(17-9)7-16-15(20)11-6-13(19)18-12-5-3-2-4-10(11)12/h2-6,8H,7H2,1H3,(H,16,20)(H,18,19). The van der Waals surface area contributed by atoms with Crippen LogP contribution in [0.1, 0.15) is 21.1 Å². The van der Waals surface area contributed by atoms with Crippen LogP contribution in [0.5, 0.6) is 0 Å². The van der Waals surface area contributed by atoms with Crippen LogP contribution in [0.25, 0.3) is 10.9 Å². The number of hydrogen-bond donors (Lipinski definition) is 2. The van der Waals surface area contributed by atoms with E-state index in [1.165, 1.54) is 17.4 Å². The largest absolute Gasteiger partial charge is 0.346 e. The summed E-state index contributed by atoms with van der Waals surface area (Å²) in [4.78, 5) is 31.0. The van der Waals surface area contributed by atoms with Crippen LogP contribution in [-0.4, -0.2) is 15.9 Å². The predicted octanol–water partition coefficient (Wildman–Crippen LogP) is 2.22. The second-order valence-electron chi connectivity index (χ2n) is 4.66. The van der Waals surface area contributed by atoms with E-state index < -0.39 is 0 Å². The van der Waals surface area contributed by atoms with Gasteiger partial charge in [0.25, 0.3) is 5.91 Å². The van der Waals surface area contributed by atoms with Gasteiger partial charge in [0.05, 0.1) is 12.1 Å². The number of aromatic amines is 1. The smallest absolute Gasteiger partial charge is 0.252 e. The van der Waals surface area contributed by atoms with Gasteiger partial charge in [-0.1, -0.05) is 18.2 Å². The van der Waals surface area contributed by atoms with Crippen LogP contribution in [0.4, 0.5) is 0 Å². The quantitative estimate of drug-likeness (QED) is 0.778. The third-order valence-electron chi connectivity index (χ3n) is 3.06. The zero-order valence-electron chi connectivity index (χ0n) is 11.3. The number of H-pyrrole nitrogens is 1. The number of rotatable bonds is 3. The first-order chi connectivity index (χ1) is 10.1. The van der Waals surface area contributed by atoms with Gasteiger partial charge in [-0.3, -0.25) is 9.59 Å². The molecule has 0 saturated heterocycles. The van der Waals surface area contributed by atoms with Gasteiger partial charge in [-0.25, -0.2) is 4.98 Å². The molecule has 0 spiro atoms. The van der Waals surface area contributed by atoms with Gasteiger partial charge in [0.2, 0.25) is 5.56 Å². The number of benzene rings is 1. The summed E-state index contributed by atoms with van der Waals surface area (Å²) < 4.78 is 0. The number of hydrogen-bond acceptors (Lipinski definition) is 4. The average Bonchev–Trinajstić information content (AvgIpc) is 2.89. The number of thiazole rings is 1. The molecule has 5 nitrogen and oxygen atoms in total. The van der Waals surface area contributed by atoms with Gasteiger partial charge in [0.1, 0.15) is 5.01 Å². The fourth-order valence-corrected chi connectivity index (χ4v) is 2.84. The fourth-order valence-electron chi connectivity index (χ4n) is 2.13. The molecular formula is C15H13N3O2S. The van der Waals surface area contributed by atoms with Crippen molar-refractivity contribution >= 4 is 28.1 Å². The van der Waals surface area contributed by atoms with Crippen molar-refractivity contribution in [2.24, 2.45) is 0 Å². The molecule has 0 unspecified atom stereocenters. The van der Waals surface area contributed by atoms with E-state index in [0.29, 0.717) is 17.6 Å². The van der Waals surface area contributed by atoms with Crippen LogP contribution in [0.2, 0.25) is 0 Å². The molecule has 0 aliphatic carbocycles. The van der Waals surface area contributed by atoms with Gasteiger partial charge in [0.15, 0.2) is 0 Å². The van der Waals surface area contributed by atoms with E-state index in [1.807, 2.05) is 30.5 Å². The van der Waals surface area contributed by atoms with Crippen molar-refractivity contribution < 1.29 is 4.79 Å². The van der Waals surface area contributed by atoms with Gasteiger partial charge < -0.3 is 10.3 Å². The Morgan fingerprint density at radius 3 is 2.95 bits per heavy atom. The Morgan fingerprint density at radius 2 is 2.19 bits per heavy atom. The number of aromatic nitrogens is 2. The van der Waals surface area contributed by atoms with Crippen LogP contribution in [0, 0.1) is 6.92 Å². The SMILES string of the molecule is Cc1csc(CNC(=O)c2cc(=O)[nH]c3ccccc23)n1. The molecule has 0 radical (unpaired) electrons. The van der Waals surface area contributed by atoms with Gasteiger partial charge in [-0.2, -0.15) is 0 Å². The number of para-hydroxylation sites is 1. The third-order valence-corrected chi connectivity index (χ3v) is 4.03. The van der Waals surface area contributed by atoms with Crippen LogP contribution < -0.4 is 10.9 Å². The first-order valence-electron chi connectivity index (χ1n) is 6.45. The minimum absolute atomic E-state index is 0.273. The summed E-state index contributed by atoms with van der Waals surface area (Å²) in [5.74, 6) is -0.273. The lowest BCUT2D eigenvalue weighted by Gasteiger charge is -2.06. The zero-order valence-corrected chi connectivity index (χ0v) is 12.2. The monoisotopic (exact) mass is 299 g/mol. The Hall–Kier alpha value is -2.47. The summed E-state index contributed by atoms with van der Waals surface area (Å²) in [7, 11) is 0. The number of pyridine rings is 1. The summed E-state index contributed by atoms with van der Waals surface area (Å²) >= 11 is 1.50. The summed E-state index contributed by atoms with van der Waals surface area (Å²) in [6.07, 6.45) is 0. The topological polar surface area (TPSA) is 74.8 Å². The van der Waals surface area contributed by atoms with E-state index in [4.69, 9.17) is 0 Å². The van der Waals surface area contributed by atoms with Gasteiger partial charge in [-0.05, 0) is 13.0 Å². The molecule has 0 aliphatic heterocycles. The van der Waals surface area contributed by atoms with Gasteiger partial charge in [-0.15, -0.1) is 11.3 Å². The molecule has 0 bridgehead atoms. The molecule has 1 aromatic carbocycles. The highest BCUT2D eigenvalue weighted by Crippen LogP contribution is 2.15. The fraction of sp³-hybridized carbons (Fsp3) is 0.133. The molecule has 3 aromatic rings. The molecular weight excluding hydrogens is 286 g/mol. The number of carbonyl (C=O) groups is 1. The molecule has 0 fully saturated rings. The summed E-state index contributed by atoms with van der Waals surface area (Å²) in [5, 5.41) is 6.31. The highest BCUT2D eigenvalue weighted by molar-refractivity contribution is 7.09. The molecule has 0 aliphatic rings. The van der Waals surface area contributed by atoms with E-state index in [1.54, 1.807) is 6.07 Å². The highest BCUT2D eigenvalue weighted by Gasteiger charge is 2.11. The Bertz CT molecular complexity index is 866. The first-order valence-corrected chi connectivity index (χ1v) is 7.33. The van der Waals surface area contributed by atoms with E-state index in [2.05, 4.69) is 15.3 Å². The molecule has 106 valence electrons. The van der Waals surface area contributed by atoms with Crippen LogP contribution in [0.15, 0.2) is 40.5 Å². The van der Waals surface area contributed by atoms with Crippen molar-refractivity contribution in [1.29, 1.82) is 0 Å². The Kier molecular flexibility index (Phi) is 3.53. The molecule has 0 atom stereocenters. The number of nitrogens with one attached hydrogen (secondary N) is 2. The van der Waals surface area contributed by atoms with Crippen molar-refractivity contribution in [2.75, 3.05) is 0 Å². The maximum absolute atomic E-state index is 12.3. The predicted molar refractivity (Wildman–Crippen MR) is 82.6 cm³/mol. The van der Waals surface area contributed by atoms with Crippen molar-refractivity contribution in [3.05, 3.63) is 62.3 Å². The third kappa shape index (κ3) is 2.85. The maximum atomic E-state index is 12.3. The molecule has 1 amide bonds. The minimum atomic E-state index is -0.288. The van der Waals surface area contributed by atoms with E-state index in [0.717, 1.165) is 16.1 Å². The second-order valence-corrected chi connectivity index (χ2v) is 5.60. The maximum Gasteiger partial charge on any atom is 0.252 e. The van der Waals surface area contributed by atoms with Crippen LogP contribution >= 0.6 is 11.3 Å². The Morgan fingerprint density at radius 1 is 1.38 bits per heavy atom. The molecule has 3 rings (SSSR count). The number of nitrogens with zero attached hydrogens (tertiary/aromatic N) is 1. The van der Waals surface area contributed by atoms with Crippen LogP contribution in [-0.2, 0) is 6.54 Å². The molecule has 2 heterocycles. The lowest BCUT2D eigenvalue weighted by molar-refractivity contribution is 0.0952. The normalized spacial score (nSPS) is 10.7. The highest BCUT2D eigenvalue weighted by atomic mass is 32.1. The number of fused-ring (bicyclic) bond motifs is 1. The van der Waals surface area contributed by atoms with E-state index in [9.17, 15) is 9.59 Å². The lowest BCUT2D eigenvalue weighted by atomic mass is 10.1. The average molecular weight is 299 g/mol. The Labute approximate surface area is 124 Å². The Balaban J connectivity index is 1.89. The zero-order chi connectivity index (χ0) is 14.8. The summed E-state index contributed by atoms with van der Waals surface area (Å²) in [6, 6.07) is 8.57. The number of amides is 1. The number of aryl methyl sites for hydroxylation is 1. The van der Waals surface area contributed by atoms with Crippen molar-refractivity contribution in [3.8, 4) is 0 Å². The van der Waals surface area contributed by atoms with Crippen molar-refractivity contribution in [2.45, 2.75) is 13.5 Å². The van der Waals surface area contributed by atoms with E-state index in [-0.39, 0.29) is 11.5 Å².